The molecule has 0 amide bonds. The van der Waals surface area contributed by atoms with Crippen LogP contribution in [0.3, 0.4) is 0 Å². The minimum atomic E-state index is -1.03. The first kappa shape index (κ1) is 27.3. The zero-order valence-electron chi connectivity index (χ0n) is 22.4. The van der Waals surface area contributed by atoms with Crippen molar-refractivity contribution in [2.75, 3.05) is 4.90 Å². The lowest BCUT2D eigenvalue weighted by Crippen LogP contribution is -2.30. The van der Waals surface area contributed by atoms with Crippen molar-refractivity contribution in [3.63, 3.8) is 0 Å². The SMILES string of the molecule is CCC(CC)c1ccc(N(Cc2ccc(-c3csc(COc4cncc(C(=O)O)c4)n3)cc2)C(C)C)cc1. The van der Waals surface area contributed by atoms with Gasteiger partial charge in [0.2, 0.25) is 0 Å². The van der Waals surface area contributed by atoms with Gasteiger partial charge in [0.25, 0.3) is 0 Å². The highest BCUT2D eigenvalue weighted by Crippen LogP contribution is 2.28. The summed E-state index contributed by atoms with van der Waals surface area (Å²) in [7, 11) is 0. The summed E-state index contributed by atoms with van der Waals surface area (Å²) in [6.45, 7) is 10.1. The van der Waals surface area contributed by atoms with Crippen LogP contribution in [-0.4, -0.2) is 27.1 Å². The molecule has 0 radical (unpaired) electrons. The Labute approximate surface area is 229 Å². The maximum absolute atomic E-state index is 11.1. The average molecular weight is 530 g/mol. The van der Waals surface area contributed by atoms with E-state index in [4.69, 9.17) is 14.8 Å². The fourth-order valence-electron chi connectivity index (χ4n) is 4.52. The van der Waals surface area contributed by atoms with Crippen LogP contribution in [0.15, 0.2) is 72.4 Å². The fraction of sp³-hybridized carbons (Fsp3) is 0.323. The Hall–Kier alpha value is -3.71. The number of carboxylic acid groups (broad SMARTS) is 1. The van der Waals surface area contributed by atoms with E-state index in [1.54, 1.807) is 0 Å². The number of carboxylic acids is 1. The van der Waals surface area contributed by atoms with E-state index in [9.17, 15) is 4.79 Å². The predicted molar refractivity (Wildman–Crippen MR) is 154 cm³/mol. The zero-order valence-corrected chi connectivity index (χ0v) is 23.2. The summed E-state index contributed by atoms with van der Waals surface area (Å²) in [6.07, 6.45) is 5.14. The fourth-order valence-corrected chi connectivity index (χ4v) is 5.23. The van der Waals surface area contributed by atoms with Crippen molar-refractivity contribution in [3.05, 3.63) is 94.1 Å². The number of aromatic carboxylic acids is 1. The summed E-state index contributed by atoms with van der Waals surface area (Å²) in [6, 6.07) is 19.5. The van der Waals surface area contributed by atoms with Gasteiger partial charge in [-0.05, 0) is 61.9 Å². The highest BCUT2D eigenvalue weighted by atomic mass is 32.1. The number of anilines is 1. The van der Waals surface area contributed by atoms with Crippen molar-refractivity contribution in [2.24, 2.45) is 0 Å². The summed E-state index contributed by atoms with van der Waals surface area (Å²) in [5, 5.41) is 11.9. The molecular formula is C31H35N3O3S. The Morgan fingerprint density at radius 1 is 1.03 bits per heavy atom. The number of rotatable bonds is 12. The molecule has 0 saturated carbocycles. The van der Waals surface area contributed by atoms with E-state index >= 15 is 0 Å². The minimum absolute atomic E-state index is 0.0945. The summed E-state index contributed by atoms with van der Waals surface area (Å²) in [4.78, 5) is 22.2. The second-order valence-corrected chi connectivity index (χ2v) is 10.6. The zero-order chi connectivity index (χ0) is 27.1. The molecule has 6 nitrogen and oxygen atoms in total. The molecule has 0 aliphatic heterocycles. The lowest BCUT2D eigenvalue weighted by Gasteiger charge is -2.30. The average Bonchev–Trinajstić information content (AvgIpc) is 3.41. The molecule has 2 aromatic carbocycles. The molecule has 0 fully saturated rings. The number of pyridine rings is 1. The first-order valence-electron chi connectivity index (χ1n) is 13.1. The van der Waals surface area contributed by atoms with Gasteiger partial charge >= 0.3 is 5.97 Å². The van der Waals surface area contributed by atoms with Gasteiger partial charge in [-0.1, -0.05) is 50.2 Å². The van der Waals surface area contributed by atoms with Crippen LogP contribution in [0.25, 0.3) is 11.3 Å². The third-order valence-electron chi connectivity index (χ3n) is 6.78. The third-order valence-corrected chi connectivity index (χ3v) is 7.60. The third kappa shape index (κ3) is 6.78. The molecule has 0 atom stereocenters. The van der Waals surface area contributed by atoms with Crippen LogP contribution in [0.2, 0.25) is 0 Å². The molecule has 7 heteroatoms. The van der Waals surface area contributed by atoms with Gasteiger partial charge in [0.05, 0.1) is 17.5 Å². The Morgan fingerprint density at radius 3 is 2.37 bits per heavy atom. The van der Waals surface area contributed by atoms with Gasteiger partial charge in [-0.15, -0.1) is 11.3 Å². The minimum Gasteiger partial charge on any atom is -0.485 e. The molecule has 4 aromatic rings. The van der Waals surface area contributed by atoms with Crippen LogP contribution in [0, 0.1) is 0 Å². The van der Waals surface area contributed by atoms with Crippen LogP contribution in [0.1, 0.15) is 72.9 Å². The van der Waals surface area contributed by atoms with Crippen molar-refractivity contribution in [1.82, 2.24) is 9.97 Å². The molecule has 0 aliphatic rings. The second-order valence-electron chi connectivity index (χ2n) is 9.65. The summed E-state index contributed by atoms with van der Waals surface area (Å²) in [5.41, 5.74) is 5.96. The first-order valence-corrected chi connectivity index (χ1v) is 14.0. The summed E-state index contributed by atoms with van der Waals surface area (Å²) in [5.74, 6) is 0.00219. The maximum Gasteiger partial charge on any atom is 0.337 e. The number of ether oxygens (including phenoxy) is 1. The highest BCUT2D eigenvalue weighted by molar-refractivity contribution is 7.09. The summed E-state index contributed by atoms with van der Waals surface area (Å²) < 4.78 is 5.71. The molecule has 2 aromatic heterocycles. The van der Waals surface area contributed by atoms with Gasteiger partial charge in [-0.25, -0.2) is 9.78 Å². The molecule has 1 N–H and O–H groups in total. The molecule has 0 unspecified atom stereocenters. The lowest BCUT2D eigenvalue weighted by molar-refractivity contribution is 0.0696. The van der Waals surface area contributed by atoms with Crippen molar-refractivity contribution < 1.29 is 14.6 Å². The number of benzene rings is 2. The molecule has 0 spiro atoms. The van der Waals surface area contributed by atoms with E-state index in [1.165, 1.54) is 59.5 Å². The Bertz CT molecular complexity index is 1330. The van der Waals surface area contributed by atoms with Crippen LogP contribution < -0.4 is 9.64 Å². The number of aromatic nitrogens is 2. The quantitative estimate of drug-likeness (QED) is 0.202. The number of hydrogen-bond acceptors (Lipinski definition) is 6. The van der Waals surface area contributed by atoms with E-state index in [2.05, 4.69) is 86.1 Å². The van der Waals surface area contributed by atoms with E-state index < -0.39 is 5.97 Å². The number of thiazole rings is 1. The Balaban J connectivity index is 1.40. The first-order chi connectivity index (χ1) is 18.4. The van der Waals surface area contributed by atoms with Gasteiger partial charge in [0.15, 0.2) is 0 Å². The van der Waals surface area contributed by atoms with Crippen LogP contribution in [-0.2, 0) is 13.2 Å². The number of nitrogens with zero attached hydrogens (tertiary/aromatic N) is 3. The standard InChI is InChI=1S/C31H35N3O3S/c1-5-23(6-2)24-11-13-27(14-12-24)34(21(3)4)18-22-7-9-25(10-8-22)29-20-38-30(33-29)19-37-28-15-26(31(35)36)16-32-17-28/h7-17,20-21,23H,5-6,18-19H2,1-4H3,(H,35,36). The second kappa shape index (κ2) is 12.7. The number of hydrogen-bond donors (Lipinski definition) is 1. The van der Waals surface area contributed by atoms with E-state index in [0.717, 1.165) is 22.8 Å². The lowest BCUT2D eigenvalue weighted by atomic mass is 9.94. The highest BCUT2D eigenvalue weighted by Gasteiger charge is 2.14. The molecular weight excluding hydrogens is 494 g/mol. The van der Waals surface area contributed by atoms with Gasteiger partial charge in [0.1, 0.15) is 17.4 Å². The van der Waals surface area contributed by atoms with E-state index in [0.29, 0.717) is 17.7 Å². The van der Waals surface area contributed by atoms with Crippen molar-refractivity contribution in [1.29, 1.82) is 0 Å². The predicted octanol–water partition coefficient (Wildman–Crippen LogP) is 7.80. The smallest absolute Gasteiger partial charge is 0.337 e. The topological polar surface area (TPSA) is 75.5 Å². The normalized spacial score (nSPS) is 11.2. The van der Waals surface area contributed by atoms with Gasteiger partial charge in [0, 0.05) is 35.4 Å². The molecule has 0 saturated heterocycles. The van der Waals surface area contributed by atoms with Crippen molar-refractivity contribution >= 4 is 23.0 Å². The number of carbonyl (C=O) groups is 1. The van der Waals surface area contributed by atoms with E-state index in [-0.39, 0.29) is 12.2 Å². The molecule has 0 aliphatic carbocycles. The Morgan fingerprint density at radius 2 is 1.74 bits per heavy atom. The van der Waals surface area contributed by atoms with Crippen LogP contribution in [0.4, 0.5) is 5.69 Å². The van der Waals surface area contributed by atoms with Gasteiger partial charge in [-0.2, -0.15) is 0 Å². The largest absolute Gasteiger partial charge is 0.485 e. The molecule has 2 heterocycles. The van der Waals surface area contributed by atoms with Crippen LogP contribution in [0.5, 0.6) is 5.75 Å². The Kier molecular flexibility index (Phi) is 9.13. The van der Waals surface area contributed by atoms with Crippen molar-refractivity contribution in [3.8, 4) is 17.0 Å². The molecule has 38 heavy (non-hydrogen) atoms. The van der Waals surface area contributed by atoms with E-state index in [1.807, 2.05) is 5.38 Å². The molecule has 0 bridgehead atoms. The molecule has 198 valence electrons. The summed E-state index contributed by atoms with van der Waals surface area (Å²) >= 11 is 1.52. The van der Waals surface area contributed by atoms with Gasteiger partial charge < -0.3 is 14.7 Å². The molecule has 4 rings (SSSR count). The van der Waals surface area contributed by atoms with Crippen molar-refractivity contribution in [2.45, 2.75) is 65.6 Å². The maximum atomic E-state index is 11.1. The van der Waals surface area contributed by atoms with Crippen LogP contribution >= 0.6 is 11.3 Å². The van der Waals surface area contributed by atoms with Gasteiger partial charge in [-0.3, -0.25) is 4.98 Å². The monoisotopic (exact) mass is 529 g/mol.